The molecule has 2 heterocycles. The van der Waals surface area contributed by atoms with Gasteiger partial charge in [0, 0.05) is 41.7 Å². The van der Waals surface area contributed by atoms with Gasteiger partial charge in [-0.05, 0) is 42.7 Å². The molecule has 0 radical (unpaired) electrons. The molecule has 0 aliphatic heterocycles. The smallest absolute Gasteiger partial charge is 0.255 e. The maximum atomic E-state index is 14.4. The molecule has 0 saturated carbocycles. The lowest BCUT2D eigenvalue weighted by atomic mass is 10.1. The summed E-state index contributed by atoms with van der Waals surface area (Å²) in [6.45, 7) is 0. The lowest BCUT2D eigenvalue weighted by Gasteiger charge is -2.10. The topological polar surface area (TPSA) is 64.7 Å². The number of nitrogens with one attached hydrogen (secondary N) is 1. The van der Waals surface area contributed by atoms with E-state index in [-0.39, 0.29) is 5.91 Å². The van der Waals surface area contributed by atoms with Crippen LogP contribution in [0.4, 0.5) is 10.1 Å². The minimum atomic E-state index is -0.451. The second kappa shape index (κ2) is 7.69. The van der Waals surface area contributed by atoms with Crippen molar-refractivity contribution >= 4 is 23.4 Å². The van der Waals surface area contributed by atoms with Gasteiger partial charge >= 0.3 is 0 Å². The van der Waals surface area contributed by atoms with Crippen LogP contribution in [0.15, 0.2) is 78.7 Å². The summed E-state index contributed by atoms with van der Waals surface area (Å²) in [6.07, 6.45) is 10.2. The van der Waals surface area contributed by atoms with Crippen molar-refractivity contribution in [3.8, 4) is 11.4 Å². The number of carbonyl (C=O) groups excluding carboxylic acids is 1. The Morgan fingerprint density at radius 1 is 1.14 bits per heavy atom. The van der Waals surface area contributed by atoms with Gasteiger partial charge in [0.25, 0.3) is 5.91 Å². The number of benzene rings is 2. The number of amides is 1. The Morgan fingerprint density at radius 3 is 2.79 bits per heavy atom. The van der Waals surface area contributed by atoms with Gasteiger partial charge in [-0.1, -0.05) is 17.8 Å². The highest BCUT2D eigenvalue weighted by Crippen LogP contribution is 2.21. The van der Waals surface area contributed by atoms with Gasteiger partial charge < -0.3 is 9.88 Å². The van der Waals surface area contributed by atoms with Gasteiger partial charge in [0.1, 0.15) is 5.82 Å². The lowest BCUT2D eigenvalue weighted by Crippen LogP contribution is -2.13. The first-order chi connectivity index (χ1) is 13.7. The lowest BCUT2D eigenvalue weighted by molar-refractivity contribution is 0.102. The molecule has 1 amide bonds. The first kappa shape index (κ1) is 18.0. The number of thioether (sulfide) groups is 1. The number of anilines is 1. The van der Waals surface area contributed by atoms with E-state index < -0.39 is 5.82 Å². The van der Waals surface area contributed by atoms with Gasteiger partial charge in [-0.25, -0.2) is 14.4 Å². The number of rotatable bonds is 5. The van der Waals surface area contributed by atoms with Crippen LogP contribution < -0.4 is 5.32 Å². The molecule has 0 unspecified atom stereocenters. The Morgan fingerprint density at radius 2 is 2.04 bits per heavy atom. The molecule has 0 aliphatic carbocycles. The first-order valence-electron chi connectivity index (χ1n) is 8.43. The highest BCUT2D eigenvalue weighted by Gasteiger charge is 2.11. The van der Waals surface area contributed by atoms with Gasteiger partial charge in [-0.2, -0.15) is 0 Å². The summed E-state index contributed by atoms with van der Waals surface area (Å²) in [6, 6.07) is 11.7. The van der Waals surface area contributed by atoms with Crippen molar-refractivity contribution in [3.63, 3.8) is 0 Å². The van der Waals surface area contributed by atoms with E-state index >= 15 is 0 Å². The van der Waals surface area contributed by atoms with Crippen LogP contribution in [0.3, 0.4) is 0 Å². The van der Waals surface area contributed by atoms with E-state index in [0.717, 1.165) is 10.8 Å². The number of hydrogen-bond acceptors (Lipinski definition) is 4. The summed E-state index contributed by atoms with van der Waals surface area (Å²) in [7, 11) is 0. The predicted octanol–water partition coefficient (Wildman–Crippen LogP) is 4.17. The molecule has 4 rings (SSSR count). The van der Waals surface area contributed by atoms with Gasteiger partial charge in [0.2, 0.25) is 0 Å². The van der Waals surface area contributed by atoms with E-state index in [1.165, 1.54) is 24.2 Å². The van der Waals surface area contributed by atoms with Gasteiger partial charge in [0.05, 0.1) is 12.0 Å². The zero-order valence-electron chi connectivity index (χ0n) is 14.9. The largest absolute Gasteiger partial charge is 0.322 e. The normalized spacial score (nSPS) is 10.8. The Bertz CT molecular complexity index is 1120. The third-order valence-electron chi connectivity index (χ3n) is 4.16. The van der Waals surface area contributed by atoms with Crippen LogP contribution in [-0.4, -0.2) is 31.3 Å². The van der Waals surface area contributed by atoms with Crippen LogP contribution in [-0.2, 0) is 0 Å². The van der Waals surface area contributed by atoms with E-state index in [2.05, 4.69) is 15.3 Å². The highest BCUT2D eigenvalue weighted by atomic mass is 32.2. The Labute approximate surface area is 165 Å². The standard InChI is InChI=1S/C20H16FN5OS/c1-28-20-23-8-10-26(20)16-4-2-3-14(11-16)19(27)24-15-5-6-18(17(21)12-15)25-9-7-22-13-25/h2-13H,1H3,(H,24,27). The number of nitrogens with zero attached hydrogens (tertiary/aromatic N) is 4. The van der Waals surface area contributed by atoms with E-state index in [1.807, 2.05) is 23.1 Å². The summed E-state index contributed by atoms with van der Waals surface area (Å²) in [5.41, 5.74) is 2.04. The Balaban J connectivity index is 1.56. The van der Waals surface area contributed by atoms with Crippen molar-refractivity contribution in [3.05, 3.63) is 85.0 Å². The van der Waals surface area contributed by atoms with Crippen molar-refractivity contribution in [1.29, 1.82) is 0 Å². The van der Waals surface area contributed by atoms with E-state index in [0.29, 0.717) is 16.9 Å². The maximum Gasteiger partial charge on any atom is 0.255 e. The SMILES string of the molecule is CSc1nccn1-c1cccc(C(=O)Nc2ccc(-n3ccnc3)c(F)c2)c1. The van der Waals surface area contributed by atoms with Crippen LogP contribution >= 0.6 is 11.8 Å². The third kappa shape index (κ3) is 3.54. The maximum absolute atomic E-state index is 14.4. The van der Waals surface area contributed by atoms with Crippen molar-refractivity contribution < 1.29 is 9.18 Å². The van der Waals surface area contributed by atoms with E-state index in [1.54, 1.807) is 53.5 Å². The molecule has 0 saturated heterocycles. The molecular formula is C20H16FN5OS. The van der Waals surface area contributed by atoms with Crippen LogP contribution in [0.2, 0.25) is 0 Å². The Kier molecular flexibility index (Phi) is 4.94. The first-order valence-corrected chi connectivity index (χ1v) is 9.65. The highest BCUT2D eigenvalue weighted by molar-refractivity contribution is 7.98. The average Bonchev–Trinajstić information content (AvgIpc) is 3.40. The number of hydrogen-bond donors (Lipinski definition) is 1. The molecule has 1 N–H and O–H groups in total. The molecule has 28 heavy (non-hydrogen) atoms. The minimum Gasteiger partial charge on any atom is -0.322 e. The van der Waals surface area contributed by atoms with Crippen molar-refractivity contribution in [1.82, 2.24) is 19.1 Å². The molecule has 0 spiro atoms. The number of imidazole rings is 2. The zero-order chi connectivity index (χ0) is 19.5. The van der Waals surface area contributed by atoms with Crippen LogP contribution in [0, 0.1) is 5.82 Å². The average molecular weight is 393 g/mol. The summed E-state index contributed by atoms with van der Waals surface area (Å²) in [5.74, 6) is -0.768. The Hall–Kier alpha value is -3.39. The molecule has 0 aliphatic rings. The van der Waals surface area contributed by atoms with Gasteiger partial charge in [0.15, 0.2) is 5.16 Å². The van der Waals surface area contributed by atoms with Gasteiger partial charge in [-0.15, -0.1) is 0 Å². The molecule has 0 bridgehead atoms. The summed E-state index contributed by atoms with van der Waals surface area (Å²) < 4.78 is 17.9. The molecule has 140 valence electrons. The van der Waals surface area contributed by atoms with Crippen LogP contribution in [0.1, 0.15) is 10.4 Å². The molecule has 4 aromatic rings. The second-order valence-electron chi connectivity index (χ2n) is 5.92. The quantitative estimate of drug-likeness (QED) is 0.517. The molecular weight excluding hydrogens is 377 g/mol. The molecule has 6 nitrogen and oxygen atoms in total. The molecule has 8 heteroatoms. The van der Waals surface area contributed by atoms with Crippen molar-refractivity contribution in [2.24, 2.45) is 0 Å². The fourth-order valence-electron chi connectivity index (χ4n) is 2.83. The van der Waals surface area contributed by atoms with E-state index in [9.17, 15) is 9.18 Å². The second-order valence-corrected chi connectivity index (χ2v) is 6.70. The number of aromatic nitrogens is 4. The third-order valence-corrected chi connectivity index (χ3v) is 4.83. The zero-order valence-corrected chi connectivity index (χ0v) is 15.7. The minimum absolute atomic E-state index is 0.317. The summed E-state index contributed by atoms with van der Waals surface area (Å²) in [5, 5.41) is 3.57. The number of carbonyl (C=O) groups is 1. The van der Waals surface area contributed by atoms with Crippen molar-refractivity contribution in [2.45, 2.75) is 5.16 Å². The van der Waals surface area contributed by atoms with E-state index in [4.69, 9.17) is 0 Å². The number of halogens is 1. The van der Waals surface area contributed by atoms with Gasteiger partial charge in [-0.3, -0.25) is 9.36 Å². The van der Waals surface area contributed by atoms with Crippen molar-refractivity contribution in [2.75, 3.05) is 11.6 Å². The molecule has 2 aromatic carbocycles. The fraction of sp³-hybridized carbons (Fsp3) is 0.0500. The predicted molar refractivity (Wildman–Crippen MR) is 107 cm³/mol. The monoisotopic (exact) mass is 393 g/mol. The summed E-state index contributed by atoms with van der Waals surface area (Å²) in [4.78, 5) is 20.8. The summed E-state index contributed by atoms with van der Waals surface area (Å²) >= 11 is 1.52. The van der Waals surface area contributed by atoms with Crippen LogP contribution in [0.25, 0.3) is 11.4 Å². The molecule has 2 aromatic heterocycles. The fourth-order valence-corrected chi connectivity index (χ4v) is 3.36. The molecule has 0 fully saturated rings. The molecule has 0 atom stereocenters. The van der Waals surface area contributed by atoms with Crippen LogP contribution in [0.5, 0.6) is 0 Å².